The molecule has 0 radical (unpaired) electrons. The van der Waals surface area contributed by atoms with Gasteiger partial charge in [0.15, 0.2) is 0 Å². The highest BCUT2D eigenvalue weighted by atomic mass is 35.5. The lowest BCUT2D eigenvalue weighted by Gasteiger charge is -2.11. The fourth-order valence-electron chi connectivity index (χ4n) is 3.03. The third-order valence-electron chi connectivity index (χ3n) is 4.67. The molecule has 0 amide bonds. The van der Waals surface area contributed by atoms with E-state index >= 15 is 0 Å². The van der Waals surface area contributed by atoms with Gasteiger partial charge in [0.05, 0.1) is 23.6 Å². The first-order chi connectivity index (χ1) is 14.0. The van der Waals surface area contributed by atoms with Crippen LogP contribution in [0.15, 0.2) is 42.6 Å². The Balaban J connectivity index is 1.78. The lowest BCUT2D eigenvalue weighted by molar-refractivity contribution is 0.156. The fourth-order valence-corrected chi connectivity index (χ4v) is 3.37. The van der Waals surface area contributed by atoms with Crippen LogP contribution in [-0.2, 0) is 6.42 Å². The largest absolute Gasteiger partial charge is 0.393 e. The number of imidazole rings is 1. The smallest absolute Gasteiger partial charge is 0.139 e. The Bertz CT molecular complexity index is 1030. The molecule has 0 aliphatic rings. The van der Waals surface area contributed by atoms with E-state index in [1.807, 2.05) is 18.2 Å². The first-order valence-electron chi connectivity index (χ1n) is 9.17. The molecule has 0 aliphatic carbocycles. The quantitative estimate of drug-likeness (QED) is 0.312. The van der Waals surface area contributed by atoms with Gasteiger partial charge in [-0.1, -0.05) is 36.4 Å². The third kappa shape index (κ3) is 5.40. The average molecular weight is 430 g/mol. The van der Waals surface area contributed by atoms with Gasteiger partial charge in [0, 0.05) is 22.7 Å². The first-order valence-corrected chi connectivity index (χ1v) is 9.99. The van der Waals surface area contributed by atoms with Gasteiger partial charge in [-0.05, 0) is 55.2 Å². The fraction of sp³-hybridized carbons (Fsp3) is 0.227. The summed E-state index contributed by atoms with van der Waals surface area (Å²) in [6.45, 7) is 0.635. The van der Waals surface area contributed by atoms with Gasteiger partial charge in [0.2, 0.25) is 0 Å². The van der Waals surface area contributed by atoms with Gasteiger partial charge in [-0.25, -0.2) is 9.37 Å². The molecule has 0 aliphatic heterocycles. The standard InChI is InChI=1S/C22H21ClFN3OS/c1-2-14-3-4-16(12-20(14)24)21-13-25-22(27-21)17-6-8-19(23)15(11-17)5-7-18(28)9-10-26-29/h1,3-4,6,8,11-13,18,26,28-29H,5,7,9-10H2,(H,25,27). The maximum absolute atomic E-state index is 14.0. The monoisotopic (exact) mass is 429 g/mol. The Morgan fingerprint density at radius 1 is 1.24 bits per heavy atom. The number of nitrogens with zero attached hydrogens (tertiary/aromatic N) is 1. The molecular weight excluding hydrogens is 409 g/mol. The van der Waals surface area contributed by atoms with E-state index < -0.39 is 11.9 Å². The number of thiol groups is 1. The highest BCUT2D eigenvalue weighted by Crippen LogP contribution is 2.27. The summed E-state index contributed by atoms with van der Waals surface area (Å²) in [6, 6.07) is 10.4. The van der Waals surface area contributed by atoms with Crippen LogP contribution >= 0.6 is 24.4 Å². The summed E-state index contributed by atoms with van der Waals surface area (Å²) >= 11 is 10.2. The number of aromatic amines is 1. The van der Waals surface area contributed by atoms with E-state index in [0.717, 1.165) is 11.1 Å². The highest BCUT2D eigenvalue weighted by molar-refractivity contribution is 7.78. The Labute approximate surface area is 180 Å². The molecule has 3 rings (SSSR count). The molecule has 0 saturated carbocycles. The molecule has 0 saturated heterocycles. The van der Waals surface area contributed by atoms with E-state index in [9.17, 15) is 9.50 Å². The van der Waals surface area contributed by atoms with Gasteiger partial charge in [0.1, 0.15) is 11.6 Å². The van der Waals surface area contributed by atoms with Crippen LogP contribution in [0.2, 0.25) is 5.02 Å². The van der Waals surface area contributed by atoms with Crippen molar-refractivity contribution in [2.75, 3.05) is 6.54 Å². The van der Waals surface area contributed by atoms with E-state index in [2.05, 4.69) is 33.4 Å². The molecule has 1 unspecified atom stereocenters. The van der Waals surface area contributed by atoms with Crippen molar-refractivity contribution in [3.63, 3.8) is 0 Å². The molecule has 150 valence electrons. The summed E-state index contributed by atoms with van der Waals surface area (Å²) < 4.78 is 16.7. The minimum absolute atomic E-state index is 0.225. The average Bonchev–Trinajstić information content (AvgIpc) is 3.21. The van der Waals surface area contributed by atoms with E-state index in [4.69, 9.17) is 18.0 Å². The van der Waals surface area contributed by atoms with Crippen LogP contribution < -0.4 is 4.72 Å². The third-order valence-corrected chi connectivity index (χ3v) is 5.26. The van der Waals surface area contributed by atoms with Crippen LogP contribution in [-0.4, -0.2) is 27.7 Å². The zero-order chi connectivity index (χ0) is 20.8. The molecule has 7 heteroatoms. The summed E-state index contributed by atoms with van der Waals surface area (Å²) in [7, 11) is 0. The summed E-state index contributed by atoms with van der Waals surface area (Å²) in [5.74, 6) is 2.52. The number of aromatic nitrogens is 2. The molecule has 3 N–H and O–H groups in total. The van der Waals surface area contributed by atoms with Crippen molar-refractivity contribution < 1.29 is 9.50 Å². The Morgan fingerprint density at radius 2 is 2.03 bits per heavy atom. The van der Waals surface area contributed by atoms with Gasteiger partial charge in [-0.2, -0.15) is 0 Å². The van der Waals surface area contributed by atoms with Crippen LogP contribution in [0, 0.1) is 18.2 Å². The zero-order valence-electron chi connectivity index (χ0n) is 15.6. The summed E-state index contributed by atoms with van der Waals surface area (Å²) in [5.41, 5.74) is 3.37. The lowest BCUT2D eigenvalue weighted by Crippen LogP contribution is -2.14. The van der Waals surface area contributed by atoms with Crippen LogP contribution in [0.5, 0.6) is 0 Å². The maximum Gasteiger partial charge on any atom is 0.139 e. The number of halogens is 2. The second kappa shape index (κ2) is 9.95. The van der Waals surface area contributed by atoms with Crippen molar-refractivity contribution in [2.45, 2.75) is 25.4 Å². The van der Waals surface area contributed by atoms with E-state index in [1.54, 1.807) is 18.3 Å². The molecular formula is C22H21ClFN3OS. The number of hydrogen-bond donors (Lipinski definition) is 4. The number of terminal acetylenes is 1. The number of nitrogens with one attached hydrogen (secondary N) is 2. The molecule has 1 aromatic heterocycles. The number of hydrogen-bond acceptors (Lipinski definition) is 4. The summed E-state index contributed by atoms with van der Waals surface area (Å²) in [4.78, 5) is 7.63. The van der Waals surface area contributed by atoms with Gasteiger partial charge >= 0.3 is 0 Å². The number of aliphatic hydroxyl groups is 1. The Morgan fingerprint density at radius 3 is 2.76 bits per heavy atom. The van der Waals surface area contributed by atoms with Crippen molar-refractivity contribution in [1.29, 1.82) is 0 Å². The molecule has 4 nitrogen and oxygen atoms in total. The predicted molar refractivity (Wildman–Crippen MR) is 118 cm³/mol. The SMILES string of the molecule is C#Cc1ccc(-c2cnc(-c3ccc(Cl)c(CCC(O)CCNS)c3)[nH]2)cc1F. The van der Waals surface area contributed by atoms with Gasteiger partial charge in [-0.3, -0.25) is 4.72 Å². The van der Waals surface area contributed by atoms with E-state index in [0.29, 0.717) is 47.9 Å². The van der Waals surface area contributed by atoms with Crippen molar-refractivity contribution in [3.05, 3.63) is 64.6 Å². The number of rotatable bonds is 8. The van der Waals surface area contributed by atoms with Crippen molar-refractivity contribution in [3.8, 4) is 35.0 Å². The van der Waals surface area contributed by atoms with Crippen LogP contribution in [0.4, 0.5) is 4.39 Å². The summed E-state index contributed by atoms with van der Waals surface area (Å²) in [6.07, 6.45) is 8.37. The Hall–Kier alpha value is -2.30. The van der Waals surface area contributed by atoms with Crippen LogP contribution in [0.1, 0.15) is 24.0 Å². The van der Waals surface area contributed by atoms with Crippen LogP contribution in [0.3, 0.4) is 0 Å². The Kier molecular flexibility index (Phi) is 7.34. The molecule has 1 heterocycles. The normalized spacial score (nSPS) is 12.0. The maximum atomic E-state index is 14.0. The molecule has 0 fully saturated rings. The van der Waals surface area contributed by atoms with E-state index in [-0.39, 0.29) is 5.56 Å². The van der Waals surface area contributed by atoms with Gasteiger partial charge < -0.3 is 10.1 Å². The molecule has 3 aromatic rings. The zero-order valence-corrected chi connectivity index (χ0v) is 17.3. The highest BCUT2D eigenvalue weighted by Gasteiger charge is 2.11. The predicted octanol–water partition coefficient (Wildman–Crippen LogP) is 4.64. The molecule has 0 spiro atoms. The second-order valence-electron chi connectivity index (χ2n) is 6.68. The number of benzene rings is 2. The van der Waals surface area contributed by atoms with Gasteiger partial charge in [-0.15, -0.1) is 6.42 Å². The topological polar surface area (TPSA) is 60.9 Å². The lowest BCUT2D eigenvalue weighted by atomic mass is 10.0. The number of aliphatic hydroxyl groups excluding tert-OH is 1. The van der Waals surface area contributed by atoms with Crippen LogP contribution in [0.25, 0.3) is 22.6 Å². The second-order valence-corrected chi connectivity index (χ2v) is 7.40. The minimum atomic E-state index is -0.443. The number of H-pyrrole nitrogens is 1. The van der Waals surface area contributed by atoms with Crippen molar-refractivity contribution >= 4 is 24.4 Å². The number of aryl methyl sites for hydroxylation is 1. The summed E-state index contributed by atoms with van der Waals surface area (Å²) in [5, 5.41) is 10.7. The van der Waals surface area contributed by atoms with E-state index in [1.165, 1.54) is 6.07 Å². The molecule has 29 heavy (non-hydrogen) atoms. The minimum Gasteiger partial charge on any atom is -0.393 e. The molecule has 1 atom stereocenters. The molecule has 2 aromatic carbocycles. The van der Waals surface area contributed by atoms with Crippen molar-refractivity contribution in [2.24, 2.45) is 0 Å². The van der Waals surface area contributed by atoms with Gasteiger partial charge in [0.25, 0.3) is 0 Å². The van der Waals surface area contributed by atoms with Crippen molar-refractivity contribution in [1.82, 2.24) is 14.7 Å². The first kappa shape index (κ1) is 21.4. The molecule has 0 bridgehead atoms.